The molecule has 0 bridgehead atoms. The summed E-state index contributed by atoms with van der Waals surface area (Å²) in [4.78, 5) is 30.7. The zero-order valence-electron chi connectivity index (χ0n) is 24.4. The second-order valence-corrected chi connectivity index (χ2v) is 11.7. The summed E-state index contributed by atoms with van der Waals surface area (Å²) in [5, 5.41) is 12.3. The van der Waals surface area contributed by atoms with Crippen LogP contribution in [0.5, 0.6) is 11.8 Å². The Morgan fingerprint density at radius 1 is 1.16 bits per heavy atom. The number of carbonyl (C=O) groups is 1. The van der Waals surface area contributed by atoms with Crippen molar-refractivity contribution in [3.05, 3.63) is 59.8 Å². The Hall–Kier alpha value is -4.07. The van der Waals surface area contributed by atoms with Crippen LogP contribution in [0.1, 0.15) is 25.0 Å². The van der Waals surface area contributed by atoms with Gasteiger partial charge in [-0.25, -0.2) is 0 Å². The number of fused-ring (bicyclic) bond motifs is 2. The van der Waals surface area contributed by atoms with Gasteiger partial charge in [0.05, 0.1) is 36.6 Å². The molecular formula is C32H36ClN7O3. The summed E-state index contributed by atoms with van der Waals surface area (Å²) in [6.45, 7) is 8.13. The van der Waals surface area contributed by atoms with E-state index >= 15 is 0 Å². The van der Waals surface area contributed by atoms with E-state index in [2.05, 4.69) is 52.6 Å². The number of carbonyl (C=O) groups excluding carboxylic acids is 1. The summed E-state index contributed by atoms with van der Waals surface area (Å²) >= 11 is 6.70. The minimum atomic E-state index is -0.300. The van der Waals surface area contributed by atoms with Crippen LogP contribution in [0.2, 0.25) is 5.02 Å². The van der Waals surface area contributed by atoms with Crippen LogP contribution in [-0.2, 0) is 11.3 Å². The van der Waals surface area contributed by atoms with Gasteiger partial charge in [-0.2, -0.15) is 15.2 Å². The molecule has 10 nitrogen and oxygen atoms in total. The van der Waals surface area contributed by atoms with E-state index < -0.39 is 0 Å². The molecule has 43 heavy (non-hydrogen) atoms. The molecule has 4 heterocycles. The number of hydrogen-bond donors (Lipinski definition) is 0. The van der Waals surface area contributed by atoms with E-state index in [9.17, 15) is 10.1 Å². The number of rotatable bonds is 7. The minimum absolute atomic E-state index is 0.174. The van der Waals surface area contributed by atoms with Crippen LogP contribution in [0.4, 0.5) is 11.5 Å². The topological polar surface area (TPSA) is 98.1 Å². The van der Waals surface area contributed by atoms with Gasteiger partial charge in [0.1, 0.15) is 18.9 Å². The van der Waals surface area contributed by atoms with Crippen molar-refractivity contribution in [1.82, 2.24) is 19.8 Å². The number of nitrogens with zero attached hydrogens (tertiary/aromatic N) is 7. The Labute approximate surface area is 257 Å². The number of aromatic nitrogens is 2. The number of benzene rings is 2. The molecule has 2 atom stereocenters. The van der Waals surface area contributed by atoms with E-state index in [0.29, 0.717) is 74.6 Å². The second kappa shape index (κ2) is 12.7. The second-order valence-electron chi connectivity index (χ2n) is 11.3. The van der Waals surface area contributed by atoms with Crippen molar-refractivity contribution in [2.24, 2.45) is 0 Å². The average molecular weight is 602 g/mol. The predicted molar refractivity (Wildman–Crippen MR) is 167 cm³/mol. The maximum Gasteiger partial charge on any atom is 0.318 e. The van der Waals surface area contributed by atoms with Gasteiger partial charge in [-0.15, -0.1) is 0 Å². The van der Waals surface area contributed by atoms with Gasteiger partial charge in [-0.05, 0) is 50.0 Å². The number of nitriles is 1. The largest absolute Gasteiger partial charge is 0.486 e. The molecule has 1 amide bonds. The first-order valence-corrected chi connectivity index (χ1v) is 15.2. The fraction of sp³-hybridized carbons (Fsp3) is 0.438. The third-order valence-electron chi connectivity index (χ3n) is 8.66. The summed E-state index contributed by atoms with van der Waals surface area (Å²) in [7, 11) is 2.12. The zero-order valence-corrected chi connectivity index (χ0v) is 25.2. The van der Waals surface area contributed by atoms with Crippen LogP contribution in [0.3, 0.4) is 0 Å². The molecule has 0 saturated carbocycles. The molecule has 3 aliphatic rings. The molecule has 0 spiro atoms. The van der Waals surface area contributed by atoms with Gasteiger partial charge < -0.3 is 29.1 Å². The highest BCUT2D eigenvalue weighted by molar-refractivity contribution is 6.36. The van der Waals surface area contributed by atoms with Crippen molar-refractivity contribution in [1.29, 1.82) is 5.26 Å². The normalized spacial score (nSPS) is 20.7. The third kappa shape index (κ3) is 5.92. The van der Waals surface area contributed by atoms with Gasteiger partial charge in [0.25, 0.3) is 0 Å². The number of halogens is 1. The van der Waals surface area contributed by atoms with Gasteiger partial charge in [0.15, 0.2) is 11.6 Å². The molecule has 2 aromatic carbocycles. The summed E-state index contributed by atoms with van der Waals surface area (Å²) in [5.74, 6) is 1.07. The molecule has 11 heteroatoms. The van der Waals surface area contributed by atoms with Crippen molar-refractivity contribution in [2.75, 3.05) is 62.8 Å². The van der Waals surface area contributed by atoms with Gasteiger partial charge in [0.2, 0.25) is 5.91 Å². The summed E-state index contributed by atoms with van der Waals surface area (Å²) in [6.07, 6.45) is 3.73. The van der Waals surface area contributed by atoms with Crippen LogP contribution in [-0.4, -0.2) is 90.7 Å². The summed E-state index contributed by atoms with van der Waals surface area (Å²) in [5.41, 5.74) is 1.74. The fourth-order valence-electron chi connectivity index (χ4n) is 6.35. The van der Waals surface area contributed by atoms with Crippen molar-refractivity contribution >= 4 is 39.8 Å². The van der Waals surface area contributed by atoms with Crippen LogP contribution in [0.25, 0.3) is 10.8 Å². The molecule has 2 saturated heterocycles. The molecule has 224 valence electrons. The van der Waals surface area contributed by atoms with Gasteiger partial charge in [0, 0.05) is 36.7 Å². The highest BCUT2D eigenvalue weighted by atomic mass is 35.5. The minimum Gasteiger partial charge on any atom is -0.486 e. The SMILES string of the molecule is C=CC(=O)N1CCN(c2nc(OC[C@H]3CCCN3C)nc3c2OCCN(c2cccc4cccc(Cl)c24)C3)C[C@@H]1CC#N. The van der Waals surface area contributed by atoms with Crippen LogP contribution >= 0.6 is 11.6 Å². The first-order valence-electron chi connectivity index (χ1n) is 14.8. The molecule has 0 aliphatic carbocycles. The molecule has 0 N–H and O–H groups in total. The Kier molecular flexibility index (Phi) is 8.54. The van der Waals surface area contributed by atoms with Gasteiger partial charge in [-0.1, -0.05) is 42.4 Å². The quantitative estimate of drug-likeness (QED) is 0.368. The molecular weight excluding hydrogens is 566 g/mol. The molecule has 2 fully saturated rings. The number of anilines is 2. The lowest BCUT2D eigenvalue weighted by Crippen LogP contribution is -2.55. The Morgan fingerprint density at radius 2 is 2.00 bits per heavy atom. The number of amides is 1. The van der Waals surface area contributed by atoms with Crippen LogP contribution < -0.4 is 19.3 Å². The zero-order chi connectivity index (χ0) is 29.9. The Balaban J connectivity index is 1.36. The maximum atomic E-state index is 12.5. The van der Waals surface area contributed by atoms with E-state index in [1.807, 2.05) is 18.2 Å². The van der Waals surface area contributed by atoms with E-state index in [1.165, 1.54) is 6.08 Å². The Bertz CT molecular complexity index is 1550. The Morgan fingerprint density at radius 3 is 2.77 bits per heavy atom. The van der Waals surface area contributed by atoms with Gasteiger partial charge in [-0.3, -0.25) is 4.79 Å². The average Bonchev–Trinajstić information content (AvgIpc) is 3.31. The molecule has 0 unspecified atom stereocenters. The van der Waals surface area contributed by atoms with Crippen LogP contribution in [0, 0.1) is 11.3 Å². The van der Waals surface area contributed by atoms with E-state index in [0.717, 1.165) is 41.5 Å². The number of likely N-dealkylation sites (N-methyl/N-ethyl adjacent to an activating group) is 1. The van der Waals surface area contributed by atoms with Crippen LogP contribution in [0.15, 0.2) is 49.1 Å². The third-order valence-corrected chi connectivity index (χ3v) is 8.98. The number of ether oxygens (including phenoxy) is 2. The first-order chi connectivity index (χ1) is 21.0. The van der Waals surface area contributed by atoms with Crippen molar-refractivity contribution in [3.63, 3.8) is 0 Å². The molecule has 3 aromatic rings. The number of likely N-dealkylation sites (tertiary alicyclic amines) is 1. The van der Waals surface area contributed by atoms with Crippen molar-refractivity contribution in [3.8, 4) is 17.8 Å². The standard InChI is InChI=1S/C32H36ClN7O3/c1-3-28(41)40-16-15-39(19-23(40)12-13-34)31-30-26(35-32(36-31)43-21-24-9-6-14-37(24)2)20-38(17-18-42-30)27-11-5-8-22-7-4-10-25(33)29(22)27/h3-5,7-8,10-11,23-24H,1,6,9,12,14-21H2,2H3/t23-,24+/m0/s1. The first kappa shape index (κ1) is 29.0. The lowest BCUT2D eigenvalue weighted by Gasteiger charge is -2.41. The highest BCUT2D eigenvalue weighted by Gasteiger charge is 2.34. The lowest BCUT2D eigenvalue weighted by atomic mass is 10.1. The smallest absolute Gasteiger partial charge is 0.318 e. The lowest BCUT2D eigenvalue weighted by molar-refractivity contribution is -0.128. The monoisotopic (exact) mass is 601 g/mol. The molecule has 3 aliphatic heterocycles. The highest BCUT2D eigenvalue weighted by Crippen LogP contribution is 2.39. The van der Waals surface area contributed by atoms with Gasteiger partial charge >= 0.3 is 6.01 Å². The number of piperazine rings is 1. The van der Waals surface area contributed by atoms with Crippen molar-refractivity contribution in [2.45, 2.75) is 37.9 Å². The van der Waals surface area contributed by atoms with Crippen molar-refractivity contribution < 1.29 is 14.3 Å². The molecule has 0 radical (unpaired) electrons. The summed E-state index contributed by atoms with van der Waals surface area (Å²) < 4.78 is 12.7. The van der Waals surface area contributed by atoms with E-state index in [1.54, 1.807) is 4.90 Å². The molecule has 6 rings (SSSR count). The fourth-order valence-corrected chi connectivity index (χ4v) is 6.63. The maximum absolute atomic E-state index is 12.5. The van der Waals surface area contributed by atoms with E-state index in [4.69, 9.17) is 31.0 Å². The molecule has 1 aromatic heterocycles. The number of hydrogen-bond acceptors (Lipinski definition) is 9. The summed E-state index contributed by atoms with van der Waals surface area (Å²) in [6, 6.07) is 14.7. The van der Waals surface area contributed by atoms with E-state index in [-0.39, 0.29) is 18.4 Å². The predicted octanol–water partition coefficient (Wildman–Crippen LogP) is 4.27.